The first-order valence-corrected chi connectivity index (χ1v) is 16.3. The Balaban J connectivity index is 1.38. The fourth-order valence-electron chi connectivity index (χ4n) is 6.48. The minimum absolute atomic E-state index is 0.0178. The number of nitrogens with zero attached hydrogens (tertiary/aromatic N) is 4. The Morgan fingerprint density at radius 3 is 2.24 bits per heavy atom. The third-order valence-electron chi connectivity index (χ3n) is 8.82. The Hall–Kier alpha value is -3.76. The van der Waals surface area contributed by atoms with E-state index in [1.54, 1.807) is 25.1 Å². The third-order valence-corrected chi connectivity index (χ3v) is 9.74. The predicted octanol–water partition coefficient (Wildman–Crippen LogP) is 5.46. The zero-order chi connectivity index (χ0) is 32.5. The molecule has 0 unspecified atom stereocenters. The van der Waals surface area contributed by atoms with Gasteiger partial charge >= 0.3 is 5.97 Å². The van der Waals surface area contributed by atoms with Gasteiger partial charge in [0.15, 0.2) is 5.13 Å². The number of anilines is 1. The fourth-order valence-corrected chi connectivity index (χ4v) is 7.28. The number of likely N-dealkylation sites (tertiary alicyclic amines) is 1. The van der Waals surface area contributed by atoms with E-state index in [0.717, 1.165) is 29.5 Å². The SMILES string of the molecule is COc1ccc(-c2csc(N(C)C(=O)C3(CC(=O)OC(C)(C)C)Cc4ccccc4C3)n2)cc1C(=O)N1CCC(N(C)C)CC1. The number of fused-ring (bicyclic) bond motifs is 1. The maximum absolute atomic E-state index is 14.3. The van der Waals surface area contributed by atoms with Gasteiger partial charge in [-0.3, -0.25) is 19.3 Å². The first-order valence-electron chi connectivity index (χ1n) is 15.5. The van der Waals surface area contributed by atoms with Crippen LogP contribution in [0.15, 0.2) is 47.8 Å². The maximum atomic E-state index is 14.3. The van der Waals surface area contributed by atoms with Gasteiger partial charge in [0.2, 0.25) is 5.91 Å². The van der Waals surface area contributed by atoms with Crippen LogP contribution in [0.25, 0.3) is 11.3 Å². The molecule has 1 aliphatic carbocycles. The second-order valence-corrected chi connectivity index (χ2v) is 14.3. The van der Waals surface area contributed by atoms with E-state index in [1.807, 2.05) is 67.4 Å². The van der Waals surface area contributed by atoms with Crippen LogP contribution in [0.4, 0.5) is 5.13 Å². The molecule has 10 heteroatoms. The molecular formula is C35H44N4O5S. The number of carbonyl (C=O) groups excluding carboxylic acids is 3. The van der Waals surface area contributed by atoms with E-state index in [4.69, 9.17) is 14.5 Å². The molecule has 2 aromatic carbocycles. The number of thiazole rings is 1. The summed E-state index contributed by atoms with van der Waals surface area (Å²) in [4.78, 5) is 51.5. The summed E-state index contributed by atoms with van der Waals surface area (Å²) in [6.07, 6.45) is 2.75. The number of ether oxygens (including phenoxy) is 2. The number of rotatable bonds is 8. The third kappa shape index (κ3) is 7.07. The van der Waals surface area contributed by atoms with E-state index in [2.05, 4.69) is 19.0 Å². The molecule has 0 spiro atoms. The minimum Gasteiger partial charge on any atom is -0.496 e. The van der Waals surface area contributed by atoms with Crippen LogP contribution in [0.3, 0.4) is 0 Å². The van der Waals surface area contributed by atoms with E-state index in [0.29, 0.717) is 54.1 Å². The molecule has 0 radical (unpaired) electrons. The highest BCUT2D eigenvalue weighted by molar-refractivity contribution is 7.14. The molecule has 0 atom stereocenters. The summed E-state index contributed by atoms with van der Waals surface area (Å²) in [7, 11) is 7.44. The highest BCUT2D eigenvalue weighted by Crippen LogP contribution is 2.43. The summed E-state index contributed by atoms with van der Waals surface area (Å²) in [5, 5.41) is 2.41. The molecule has 0 saturated carbocycles. The Labute approximate surface area is 270 Å². The predicted molar refractivity (Wildman–Crippen MR) is 177 cm³/mol. The van der Waals surface area contributed by atoms with Crippen LogP contribution in [-0.2, 0) is 27.2 Å². The summed E-state index contributed by atoms with van der Waals surface area (Å²) >= 11 is 1.35. The number of esters is 1. The van der Waals surface area contributed by atoms with Gasteiger partial charge in [-0.15, -0.1) is 11.3 Å². The molecule has 2 heterocycles. The highest BCUT2D eigenvalue weighted by Gasteiger charge is 2.48. The number of amides is 2. The molecule has 1 fully saturated rings. The van der Waals surface area contributed by atoms with Crippen LogP contribution in [0, 0.1) is 5.41 Å². The zero-order valence-electron chi connectivity index (χ0n) is 27.4. The van der Waals surface area contributed by atoms with Crippen molar-refractivity contribution in [1.82, 2.24) is 14.8 Å². The van der Waals surface area contributed by atoms with Gasteiger partial charge in [0, 0.05) is 37.1 Å². The summed E-state index contributed by atoms with van der Waals surface area (Å²) in [5.74, 6) is -0.0971. The molecule has 3 aromatic rings. The van der Waals surface area contributed by atoms with Gasteiger partial charge in [0.05, 0.1) is 30.2 Å². The molecule has 0 N–H and O–H groups in total. The van der Waals surface area contributed by atoms with Gasteiger partial charge in [-0.2, -0.15) is 0 Å². The maximum Gasteiger partial charge on any atom is 0.307 e. The first-order chi connectivity index (χ1) is 21.3. The monoisotopic (exact) mass is 632 g/mol. The van der Waals surface area contributed by atoms with Crippen molar-refractivity contribution in [2.75, 3.05) is 46.2 Å². The van der Waals surface area contributed by atoms with Gasteiger partial charge in [0.25, 0.3) is 5.91 Å². The molecule has 45 heavy (non-hydrogen) atoms. The van der Waals surface area contributed by atoms with E-state index >= 15 is 0 Å². The Morgan fingerprint density at radius 2 is 1.67 bits per heavy atom. The topological polar surface area (TPSA) is 92.3 Å². The lowest BCUT2D eigenvalue weighted by Crippen LogP contribution is -2.45. The lowest BCUT2D eigenvalue weighted by atomic mass is 9.80. The number of aromatic nitrogens is 1. The average molecular weight is 633 g/mol. The van der Waals surface area contributed by atoms with E-state index in [-0.39, 0.29) is 18.2 Å². The summed E-state index contributed by atoms with van der Waals surface area (Å²) in [5.41, 5.74) is 2.46. The van der Waals surface area contributed by atoms with Gasteiger partial charge in [-0.05, 0) is 89.9 Å². The number of methoxy groups -OCH3 is 1. The standard InChI is InChI=1S/C35H44N4O5S/c1-34(2,3)44-30(40)21-35(19-24-10-8-9-11-25(24)20-35)32(42)38(6)33-36-28(22-45-33)23-12-13-29(43-7)27(18-23)31(41)39-16-14-26(15-17-39)37(4)5/h8-13,18,22,26H,14-17,19-21H2,1-7H3. The van der Waals surface area contributed by atoms with Gasteiger partial charge in [-0.1, -0.05) is 24.3 Å². The van der Waals surface area contributed by atoms with E-state index < -0.39 is 17.0 Å². The lowest BCUT2D eigenvalue weighted by molar-refractivity contribution is -0.159. The van der Waals surface area contributed by atoms with Crippen molar-refractivity contribution in [3.05, 3.63) is 64.5 Å². The lowest BCUT2D eigenvalue weighted by Gasteiger charge is -2.35. The summed E-state index contributed by atoms with van der Waals surface area (Å²) in [6, 6.07) is 13.9. The van der Waals surface area contributed by atoms with Crippen LogP contribution in [-0.4, -0.2) is 85.6 Å². The number of hydrogen-bond acceptors (Lipinski definition) is 8. The van der Waals surface area contributed by atoms with Crippen molar-refractivity contribution in [3.8, 4) is 17.0 Å². The molecule has 1 saturated heterocycles. The molecule has 9 nitrogen and oxygen atoms in total. The Kier molecular flexibility index (Phi) is 9.37. The largest absolute Gasteiger partial charge is 0.496 e. The number of piperidine rings is 1. The van der Waals surface area contributed by atoms with Crippen LogP contribution < -0.4 is 9.64 Å². The summed E-state index contributed by atoms with van der Waals surface area (Å²) in [6.45, 7) is 6.88. The Morgan fingerprint density at radius 1 is 1.02 bits per heavy atom. The van der Waals surface area contributed by atoms with Gasteiger partial charge in [-0.25, -0.2) is 4.98 Å². The van der Waals surface area contributed by atoms with Crippen LogP contribution in [0.2, 0.25) is 0 Å². The second kappa shape index (κ2) is 12.9. The normalized spacial score (nSPS) is 16.4. The molecule has 2 amide bonds. The van der Waals surface area contributed by atoms with E-state index in [1.165, 1.54) is 11.3 Å². The minimum atomic E-state index is -0.966. The van der Waals surface area contributed by atoms with Crippen LogP contribution in [0.1, 0.15) is 61.5 Å². The fraction of sp³-hybridized carbons (Fsp3) is 0.486. The molecule has 0 bridgehead atoms. The first kappa shape index (κ1) is 32.6. The Bertz CT molecular complexity index is 1540. The number of benzene rings is 2. The average Bonchev–Trinajstić information content (AvgIpc) is 3.64. The zero-order valence-corrected chi connectivity index (χ0v) is 28.2. The molecular weight excluding hydrogens is 588 g/mol. The van der Waals surface area contributed by atoms with E-state index in [9.17, 15) is 14.4 Å². The van der Waals surface area contributed by atoms with Crippen molar-refractivity contribution in [3.63, 3.8) is 0 Å². The highest BCUT2D eigenvalue weighted by atomic mass is 32.1. The van der Waals surface area contributed by atoms with Crippen LogP contribution in [0.5, 0.6) is 5.75 Å². The van der Waals surface area contributed by atoms with Gasteiger partial charge in [0.1, 0.15) is 11.4 Å². The van der Waals surface area contributed by atoms with Crippen molar-refractivity contribution in [2.24, 2.45) is 5.41 Å². The van der Waals surface area contributed by atoms with Crippen molar-refractivity contribution in [2.45, 2.75) is 64.5 Å². The van der Waals surface area contributed by atoms with Crippen molar-refractivity contribution >= 4 is 34.3 Å². The van der Waals surface area contributed by atoms with Crippen molar-refractivity contribution < 1.29 is 23.9 Å². The molecule has 2 aliphatic rings. The molecule has 1 aliphatic heterocycles. The van der Waals surface area contributed by atoms with Crippen LogP contribution >= 0.6 is 11.3 Å². The smallest absolute Gasteiger partial charge is 0.307 e. The molecule has 240 valence electrons. The van der Waals surface area contributed by atoms with Crippen molar-refractivity contribution in [1.29, 1.82) is 0 Å². The molecule has 5 rings (SSSR count). The molecule has 1 aromatic heterocycles. The second-order valence-electron chi connectivity index (χ2n) is 13.4. The quantitative estimate of drug-likeness (QED) is 0.305. The summed E-state index contributed by atoms with van der Waals surface area (Å²) < 4.78 is 11.2. The number of carbonyl (C=O) groups is 3. The van der Waals surface area contributed by atoms with Gasteiger partial charge < -0.3 is 19.3 Å². The number of hydrogen-bond donors (Lipinski definition) is 0.